The predicted octanol–water partition coefficient (Wildman–Crippen LogP) is 8.11. The number of benzene rings is 2. The lowest BCUT2D eigenvalue weighted by Gasteiger charge is -2.29. The first-order valence-corrected chi connectivity index (χ1v) is 15.0. The van der Waals surface area contributed by atoms with Crippen LogP contribution in [0.25, 0.3) is 28.0 Å². The van der Waals surface area contributed by atoms with Crippen molar-refractivity contribution >= 4 is 23.5 Å². The summed E-state index contributed by atoms with van der Waals surface area (Å²) in [5.74, 6) is 0.687. The Morgan fingerprint density at radius 1 is 0.750 bits per heavy atom. The molecule has 0 saturated carbocycles. The van der Waals surface area contributed by atoms with Crippen LogP contribution in [-0.2, 0) is 9.47 Å². The maximum absolute atomic E-state index is 12.5. The molecule has 0 aliphatic carbocycles. The number of allylic oxidation sites excluding steroid dienone is 1. The van der Waals surface area contributed by atoms with E-state index < -0.39 is 17.3 Å². The molecule has 0 saturated heterocycles. The molecule has 0 fully saturated rings. The quantitative estimate of drug-likeness (QED) is 0.296. The number of amides is 2. The van der Waals surface area contributed by atoms with Crippen molar-refractivity contribution in [3.05, 3.63) is 72.3 Å². The van der Waals surface area contributed by atoms with E-state index in [0.29, 0.717) is 12.2 Å². The summed E-state index contributed by atoms with van der Waals surface area (Å²) in [5, 5.41) is 0. The van der Waals surface area contributed by atoms with E-state index in [1.54, 1.807) is 25.2 Å². The zero-order valence-corrected chi connectivity index (χ0v) is 27.6. The SMILES string of the molecule is C[C@@H](C1=NC=C(c2ccc(-c3ccc(-c4cnc([C@H](C)N(C)C(=O)OC(C)(C)C)[nH]4)cc3)cc2)C1)N(C)C(=O)OC(C)(C)C. The molecule has 1 aliphatic rings. The Labute approximate surface area is 261 Å². The van der Waals surface area contributed by atoms with Gasteiger partial charge in [-0.25, -0.2) is 14.6 Å². The summed E-state index contributed by atoms with van der Waals surface area (Å²) >= 11 is 0. The van der Waals surface area contributed by atoms with E-state index in [1.165, 1.54) is 4.90 Å². The topological polar surface area (TPSA) is 100 Å². The fourth-order valence-corrected chi connectivity index (χ4v) is 4.69. The number of aromatic amines is 1. The van der Waals surface area contributed by atoms with E-state index in [9.17, 15) is 9.59 Å². The van der Waals surface area contributed by atoms with Gasteiger partial charge in [-0.3, -0.25) is 4.99 Å². The van der Waals surface area contributed by atoms with Crippen LogP contribution in [0, 0.1) is 0 Å². The second kappa shape index (κ2) is 12.7. The predicted molar refractivity (Wildman–Crippen MR) is 175 cm³/mol. The maximum atomic E-state index is 12.5. The molecule has 9 heteroatoms. The van der Waals surface area contributed by atoms with Gasteiger partial charge in [-0.05, 0) is 83.2 Å². The van der Waals surface area contributed by atoms with Crippen LogP contribution in [0.2, 0.25) is 0 Å². The van der Waals surface area contributed by atoms with Crippen LogP contribution in [0.5, 0.6) is 0 Å². The van der Waals surface area contributed by atoms with Crippen molar-refractivity contribution in [3.63, 3.8) is 0 Å². The molecular formula is C35H45N5O4. The van der Waals surface area contributed by atoms with Gasteiger partial charge in [0.15, 0.2) is 0 Å². The van der Waals surface area contributed by atoms with Crippen molar-refractivity contribution in [2.24, 2.45) is 4.99 Å². The van der Waals surface area contributed by atoms with E-state index in [1.807, 2.05) is 61.6 Å². The minimum absolute atomic E-state index is 0.170. The van der Waals surface area contributed by atoms with E-state index >= 15 is 0 Å². The van der Waals surface area contributed by atoms with Gasteiger partial charge in [0.2, 0.25) is 0 Å². The van der Waals surface area contributed by atoms with E-state index in [0.717, 1.165) is 39.2 Å². The minimum Gasteiger partial charge on any atom is -0.444 e. The number of nitrogens with zero attached hydrogens (tertiary/aromatic N) is 4. The number of aliphatic imine (C=N–C) groups is 1. The second-order valence-electron chi connectivity index (χ2n) is 13.3. The highest BCUT2D eigenvalue weighted by Crippen LogP contribution is 2.30. The number of H-pyrrole nitrogens is 1. The summed E-state index contributed by atoms with van der Waals surface area (Å²) in [6.07, 6.45) is 3.61. The first-order chi connectivity index (χ1) is 20.5. The van der Waals surface area contributed by atoms with Crippen LogP contribution in [0.4, 0.5) is 9.59 Å². The van der Waals surface area contributed by atoms with Crippen molar-refractivity contribution in [2.75, 3.05) is 14.1 Å². The summed E-state index contributed by atoms with van der Waals surface area (Å²) in [4.78, 5) is 40.6. The molecule has 4 rings (SSSR count). The molecule has 44 heavy (non-hydrogen) atoms. The van der Waals surface area contributed by atoms with Crippen LogP contribution in [0.1, 0.15) is 79.2 Å². The lowest BCUT2D eigenvalue weighted by Crippen LogP contribution is -2.42. The number of nitrogens with one attached hydrogen (secondary N) is 1. The maximum Gasteiger partial charge on any atom is 0.410 e. The third-order valence-electron chi connectivity index (χ3n) is 7.54. The normalized spacial score (nSPS) is 14.8. The number of hydrogen-bond acceptors (Lipinski definition) is 6. The number of hydrogen-bond donors (Lipinski definition) is 1. The minimum atomic E-state index is -0.562. The number of carbonyl (C=O) groups excluding carboxylic acids is 2. The molecule has 1 aliphatic heterocycles. The zero-order valence-electron chi connectivity index (χ0n) is 27.6. The molecule has 2 aromatic carbocycles. The Kier molecular flexibility index (Phi) is 9.37. The van der Waals surface area contributed by atoms with Gasteiger partial charge in [-0.15, -0.1) is 0 Å². The molecule has 1 aromatic heterocycles. The Bertz CT molecular complexity index is 1540. The average molecular weight is 600 g/mol. The second-order valence-corrected chi connectivity index (χ2v) is 13.3. The number of imidazole rings is 1. The fourth-order valence-electron chi connectivity index (χ4n) is 4.69. The first-order valence-electron chi connectivity index (χ1n) is 15.0. The van der Waals surface area contributed by atoms with Gasteiger partial charge >= 0.3 is 12.2 Å². The molecule has 0 bridgehead atoms. The van der Waals surface area contributed by atoms with Gasteiger partial charge in [0, 0.05) is 32.4 Å². The molecule has 2 amide bonds. The molecule has 1 N–H and O–H groups in total. The lowest BCUT2D eigenvalue weighted by molar-refractivity contribution is 0.0225. The molecule has 234 valence electrons. The van der Waals surface area contributed by atoms with Crippen LogP contribution >= 0.6 is 0 Å². The summed E-state index contributed by atoms with van der Waals surface area (Å²) in [6.45, 7) is 15.0. The van der Waals surface area contributed by atoms with E-state index in [4.69, 9.17) is 9.47 Å². The smallest absolute Gasteiger partial charge is 0.410 e. The molecule has 3 aromatic rings. The summed E-state index contributed by atoms with van der Waals surface area (Å²) in [5.41, 5.74) is 6.13. The summed E-state index contributed by atoms with van der Waals surface area (Å²) in [6, 6.07) is 16.3. The highest BCUT2D eigenvalue weighted by atomic mass is 16.6. The van der Waals surface area contributed by atoms with E-state index in [-0.39, 0.29) is 18.2 Å². The first kappa shape index (κ1) is 32.5. The van der Waals surface area contributed by atoms with Crippen molar-refractivity contribution < 1.29 is 19.1 Å². The molecule has 2 atom stereocenters. The number of ether oxygens (including phenoxy) is 2. The molecular weight excluding hydrogens is 554 g/mol. The van der Waals surface area contributed by atoms with Crippen LogP contribution in [-0.4, -0.2) is 69.0 Å². The third kappa shape index (κ3) is 7.95. The lowest BCUT2D eigenvalue weighted by atomic mass is 9.97. The van der Waals surface area contributed by atoms with Crippen molar-refractivity contribution in [1.29, 1.82) is 0 Å². The van der Waals surface area contributed by atoms with Crippen LogP contribution in [0.3, 0.4) is 0 Å². The molecule has 0 spiro atoms. The standard InChI is InChI=1S/C35H45N5O4/c1-22(39(9)32(41)43-34(3,4)5)29-19-28(20-36-29)26-13-11-24(12-14-26)25-15-17-27(18-16-25)30-21-37-31(38-30)23(2)40(10)33(42)44-35(6,7)8/h11-18,20-23H,19H2,1-10H3,(H,37,38)/t22-,23-/m0/s1. The average Bonchev–Trinajstić information content (AvgIpc) is 3.65. The van der Waals surface area contributed by atoms with Crippen LogP contribution < -0.4 is 0 Å². The molecule has 2 heterocycles. The Morgan fingerprint density at radius 3 is 1.70 bits per heavy atom. The molecule has 0 radical (unpaired) electrons. The van der Waals surface area contributed by atoms with Gasteiger partial charge in [0.05, 0.1) is 24.0 Å². The van der Waals surface area contributed by atoms with Crippen molar-refractivity contribution in [3.8, 4) is 22.4 Å². The molecule has 0 unspecified atom stereocenters. The van der Waals surface area contributed by atoms with Gasteiger partial charge in [0.25, 0.3) is 0 Å². The fraction of sp³-hybridized carbons (Fsp3) is 0.429. The number of rotatable bonds is 7. The van der Waals surface area contributed by atoms with Crippen molar-refractivity contribution in [2.45, 2.75) is 85.1 Å². The highest BCUT2D eigenvalue weighted by molar-refractivity contribution is 6.02. The van der Waals surface area contributed by atoms with Gasteiger partial charge in [0.1, 0.15) is 17.0 Å². The zero-order chi connectivity index (χ0) is 32.4. The van der Waals surface area contributed by atoms with E-state index in [2.05, 4.69) is 63.5 Å². The largest absolute Gasteiger partial charge is 0.444 e. The monoisotopic (exact) mass is 599 g/mol. The highest BCUT2D eigenvalue weighted by Gasteiger charge is 2.28. The summed E-state index contributed by atoms with van der Waals surface area (Å²) in [7, 11) is 3.46. The van der Waals surface area contributed by atoms with Gasteiger partial charge in [-0.1, -0.05) is 48.5 Å². The Balaban J connectivity index is 1.36. The third-order valence-corrected chi connectivity index (χ3v) is 7.54. The Hall–Kier alpha value is -4.40. The van der Waals surface area contributed by atoms with Crippen molar-refractivity contribution in [1.82, 2.24) is 19.8 Å². The Morgan fingerprint density at radius 2 is 1.20 bits per heavy atom. The number of aromatic nitrogens is 2. The summed E-state index contributed by atoms with van der Waals surface area (Å²) < 4.78 is 11.0. The molecule has 9 nitrogen and oxygen atoms in total. The van der Waals surface area contributed by atoms with Gasteiger partial charge < -0.3 is 24.3 Å². The van der Waals surface area contributed by atoms with Crippen LogP contribution in [0.15, 0.2) is 65.9 Å². The number of carbonyl (C=O) groups is 2. The van der Waals surface area contributed by atoms with Gasteiger partial charge in [-0.2, -0.15) is 0 Å².